The van der Waals surface area contributed by atoms with Gasteiger partial charge in [0, 0.05) is 19.0 Å². The summed E-state index contributed by atoms with van der Waals surface area (Å²) in [6.45, 7) is 6.75. The summed E-state index contributed by atoms with van der Waals surface area (Å²) in [5.41, 5.74) is 0. The number of likely N-dealkylation sites (N-methyl/N-ethyl adjacent to an activating group) is 1. The van der Waals surface area contributed by atoms with Gasteiger partial charge in [0.25, 0.3) is 0 Å². The molecule has 2 heteroatoms. The molecule has 0 radical (unpaired) electrons. The van der Waals surface area contributed by atoms with Crippen LogP contribution in [0.3, 0.4) is 0 Å². The van der Waals surface area contributed by atoms with E-state index in [4.69, 9.17) is 4.74 Å². The Kier molecular flexibility index (Phi) is 3.49. The molecule has 1 aromatic rings. The highest BCUT2D eigenvalue weighted by atomic mass is 16.5. The molecule has 1 aliphatic rings. The van der Waals surface area contributed by atoms with E-state index in [2.05, 4.69) is 25.8 Å². The Bertz CT molecular complexity index is 323. The highest BCUT2D eigenvalue weighted by Gasteiger charge is 2.34. The number of hydrogen-bond donors (Lipinski definition) is 0. The second-order valence-electron chi connectivity index (χ2n) is 5.10. The monoisotopic (exact) mass is 219 g/mol. The second-order valence-corrected chi connectivity index (χ2v) is 5.10. The first-order valence-corrected chi connectivity index (χ1v) is 6.07. The third-order valence-electron chi connectivity index (χ3n) is 3.38. The first-order chi connectivity index (χ1) is 7.66. The average molecular weight is 219 g/mol. The van der Waals surface area contributed by atoms with Crippen LogP contribution in [0, 0.1) is 11.8 Å². The van der Waals surface area contributed by atoms with E-state index in [1.165, 1.54) is 0 Å². The van der Waals surface area contributed by atoms with Crippen molar-refractivity contribution in [1.29, 1.82) is 0 Å². The van der Waals surface area contributed by atoms with Crippen molar-refractivity contribution in [2.45, 2.75) is 20.0 Å². The van der Waals surface area contributed by atoms with E-state index in [1.54, 1.807) is 0 Å². The fourth-order valence-electron chi connectivity index (χ4n) is 2.43. The van der Waals surface area contributed by atoms with Crippen molar-refractivity contribution in [1.82, 2.24) is 4.90 Å². The van der Waals surface area contributed by atoms with Crippen LogP contribution < -0.4 is 4.74 Å². The van der Waals surface area contributed by atoms with Crippen LogP contribution in [0.1, 0.15) is 13.8 Å². The molecule has 2 rings (SSSR count). The topological polar surface area (TPSA) is 12.5 Å². The molecule has 16 heavy (non-hydrogen) atoms. The molecular formula is C14H21NO. The van der Waals surface area contributed by atoms with E-state index in [1.807, 2.05) is 30.3 Å². The van der Waals surface area contributed by atoms with Crippen LogP contribution in [0.5, 0.6) is 5.75 Å². The Morgan fingerprint density at radius 3 is 2.50 bits per heavy atom. The van der Waals surface area contributed by atoms with Crippen LogP contribution >= 0.6 is 0 Å². The molecule has 0 amide bonds. The van der Waals surface area contributed by atoms with Crippen LogP contribution in [-0.4, -0.2) is 31.1 Å². The number of nitrogens with zero attached hydrogens (tertiary/aromatic N) is 1. The Morgan fingerprint density at radius 1 is 1.19 bits per heavy atom. The molecule has 1 saturated heterocycles. The van der Waals surface area contributed by atoms with Gasteiger partial charge in [-0.05, 0) is 25.1 Å². The lowest BCUT2D eigenvalue weighted by molar-refractivity contribution is 0.145. The van der Waals surface area contributed by atoms with E-state index < -0.39 is 0 Å². The zero-order chi connectivity index (χ0) is 11.5. The maximum absolute atomic E-state index is 6.08. The summed E-state index contributed by atoms with van der Waals surface area (Å²) >= 11 is 0. The van der Waals surface area contributed by atoms with E-state index in [0.29, 0.717) is 17.9 Å². The Balaban J connectivity index is 2.03. The lowest BCUT2D eigenvalue weighted by Crippen LogP contribution is -2.29. The van der Waals surface area contributed by atoms with Gasteiger partial charge < -0.3 is 9.64 Å². The Hall–Kier alpha value is -1.02. The van der Waals surface area contributed by atoms with Crippen LogP contribution in [-0.2, 0) is 0 Å². The zero-order valence-corrected chi connectivity index (χ0v) is 10.4. The number of rotatable bonds is 3. The maximum Gasteiger partial charge on any atom is 0.119 e. The van der Waals surface area contributed by atoms with Gasteiger partial charge in [-0.15, -0.1) is 0 Å². The quantitative estimate of drug-likeness (QED) is 0.775. The summed E-state index contributed by atoms with van der Waals surface area (Å²) in [5, 5.41) is 0. The molecule has 1 aliphatic heterocycles. The number of para-hydroxylation sites is 1. The van der Waals surface area contributed by atoms with Crippen LogP contribution in [0.25, 0.3) is 0 Å². The summed E-state index contributed by atoms with van der Waals surface area (Å²) in [4.78, 5) is 2.36. The lowest BCUT2D eigenvalue weighted by atomic mass is 9.93. The number of likely N-dealkylation sites (tertiary alicyclic amines) is 1. The molecular weight excluding hydrogens is 198 g/mol. The lowest BCUT2D eigenvalue weighted by Gasteiger charge is -2.23. The van der Waals surface area contributed by atoms with Crippen molar-refractivity contribution in [3.05, 3.63) is 30.3 Å². The van der Waals surface area contributed by atoms with Gasteiger partial charge in [0.15, 0.2) is 0 Å². The summed E-state index contributed by atoms with van der Waals surface area (Å²) in [5.74, 6) is 2.32. The number of benzene rings is 1. The molecule has 0 spiro atoms. The third-order valence-corrected chi connectivity index (χ3v) is 3.38. The third kappa shape index (κ3) is 2.56. The second kappa shape index (κ2) is 4.88. The molecule has 2 unspecified atom stereocenters. The van der Waals surface area contributed by atoms with Gasteiger partial charge in [-0.1, -0.05) is 32.0 Å². The molecule has 1 fully saturated rings. The maximum atomic E-state index is 6.08. The van der Waals surface area contributed by atoms with Gasteiger partial charge in [-0.2, -0.15) is 0 Å². The number of ether oxygens (including phenoxy) is 1. The van der Waals surface area contributed by atoms with Crippen molar-refractivity contribution >= 4 is 0 Å². The van der Waals surface area contributed by atoms with Gasteiger partial charge in [0.2, 0.25) is 0 Å². The van der Waals surface area contributed by atoms with Gasteiger partial charge in [-0.25, -0.2) is 0 Å². The summed E-state index contributed by atoms with van der Waals surface area (Å²) < 4.78 is 6.08. The predicted octanol–water partition coefficient (Wildman–Crippen LogP) is 2.65. The average Bonchev–Trinajstić information content (AvgIpc) is 2.61. The van der Waals surface area contributed by atoms with Crippen molar-refractivity contribution < 1.29 is 4.74 Å². The minimum atomic E-state index is 0.340. The molecule has 1 aromatic carbocycles. The smallest absolute Gasteiger partial charge is 0.119 e. The van der Waals surface area contributed by atoms with Gasteiger partial charge in [-0.3, -0.25) is 0 Å². The van der Waals surface area contributed by atoms with E-state index in [-0.39, 0.29) is 0 Å². The van der Waals surface area contributed by atoms with E-state index >= 15 is 0 Å². The van der Waals surface area contributed by atoms with Gasteiger partial charge in [0.05, 0.1) is 0 Å². The molecule has 2 atom stereocenters. The molecule has 0 N–H and O–H groups in total. The molecule has 0 aromatic heterocycles. The summed E-state index contributed by atoms with van der Waals surface area (Å²) in [6.07, 6.45) is 0.340. The van der Waals surface area contributed by atoms with Crippen LogP contribution in [0.4, 0.5) is 0 Å². The molecule has 1 heterocycles. The first-order valence-electron chi connectivity index (χ1n) is 6.07. The fraction of sp³-hybridized carbons (Fsp3) is 0.571. The standard InChI is InChI=1S/C14H21NO/c1-11(2)13-9-15(3)10-14(13)16-12-7-5-4-6-8-12/h4-8,11,13-14H,9-10H2,1-3H3. The minimum Gasteiger partial charge on any atom is -0.489 e. The fourth-order valence-corrected chi connectivity index (χ4v) is 2.43. The van der Waals surface area contributed by atoms with E-state index in [0.717, 1.165) is 18.8 Å². The largest absolute Gasteiger partial charge is 0.489 e. The molecule has 0 aliphatic carbocycles. The molecule has 0 bridgehead atoms. The van der Waals surface area contributed by atoms with Crippen molar-refractivity contribution in [3.8, 4) is 5.75 Å². The van der Waals surface area contributed by atoms with Crippen LogP contribution in [0.2, 0.25) is 0 Å². The number of hydrogen-bond acceptors (Lipinski definition) is 2. The molecule has 2 nitrogen and oxygen atoms in total. The summed E-state index contributed by atoms with van der Waals surface area (Å²) in [7, 11) is 2.17. The minimum absolute atomic E-state index is 0.340. The van der Waals surface area contributed by atoms with Gasteiger partial charge >= 0.3 is 0 Å². The Morgan fingerprint density at radius 2 is 1.88 bits per heavy atom. The van der Waals surface area contributed by atoms with Gasteiger partial charge in [0.1, 0.15) is 11.9 Å². The first kappa shape index (κ1) is 11.5. The van der Waals surface area contributed by atoms with Crippen LogP contribution in [0.15, 0.2) is 30.3 Å². The highest BCUT2D eigenvalue weighted by Crippen LogP contribution is 2.27. The summed E-state index contributed by atoms with van der Waals surface area (Å²) in [6, 6.07) is 10.1. The highest BCUT2D eigenvalue weighted by molar-refractivity contribution is 5.21. The predicted molar refractivity (Wildman–Crippen MR) is 66.7 cm³/mol. The SMILES string of the molecule is CC(C)C1CN(C)CC1Oc1ccccc1. The molecule has 0 saturated carbocycles. The van der Waals surface area contributed by atoms with Crippen molar-refractivity contribution in [2.75, 3.05) is 20.1 Å². The zero-order valence-electron chi connectivity index (χ0n) is 10.4. The van der Waals surface area contributed by atoms with E-state index in [9.17, 15) is 0 Å². The normalized spacial score (nSPS) is 26.2. The Labute approximate surface area is 98.2 Å². The molecule has 88 valence electrons. The van der Waals surface area contributed by atoms with Crippen molar-refractivity contribution in [3.63, 3.8) is 0 Å². The van der Waals surface area contributed by atoms with Crippen molar-refractivity contribution in [2.24, 2.45) is 11.8 Å².